The molecule has 0 aromatic carbocycles. The molecule has 0 aromatic rings. The first kappa shape index (κ1) is 7.61. The maximum atomic E-state index is 10.8. The van der Waals surface area contributed by atoms with E-state index < -0.39 is 0 Å². The van der Waals surface area contributed by atoms with Crippen LogP contribution in [-0.4, -0.2) is 5.91 Å². The predicted molar refractivity (Wildman–Crippen MR) is 40.5 cm³/mol. The highest BCUT2D eigenvalue weighted by Crippen LogP contribution is 2.19. The lowest BCUT2D eigenvalue weighted by Crippen LogP contribution is -2.16. The van der Waals surface area contributed by atoms with Crippen molar-refractivity contribution in [1.82, 2.24) is 5.32 Å². The van der Waals surface area contributed by atoms with Crippen molar-refractivity contribution in [1.29, 1.82) is 0 Å². The van der Waals surface area contributed by atoms with E-state index in [1.807, 2.05) is 6.92 Å². The van der Waals surface area contributed by atoms with Crippen LogP contribution < -0.4 is 5.32 Å². The van der Waals surface area contributed by atoms with E-state index in [0.29, 0.717) is 12.3 Å². The molecule has 0 spiro atoms. The highest BCUT2D eigenvalue weighted by molar-refractivity contribution is 6.29. The minimum absolute atomic E-state index is 0.0585. The number of hydrogen-bond acceptors (Lipinski definition) is 1. The maximum absolute atomic E-state index is 10.8. The summed E-state index contributed by atoms with van der Waals surface area (Å²) in [4.78, 5) is 10.8. The molecule has 1 unspecified atom stereocenters. The molecule has 0 saturated carbocycles. The number of halogens is 1. The minimum atomic E-state index is 0.0585. The molecule has 0 fully saturated rings. The van der Waals surface area contributed by atoms with Crippen LogP contribution in [0.2, 0.25) is 0 Å². The summed E-state index contributed by atoms with van der Waals surface area (Å²) in [6.45, 7) is 2.02. The molecule has 1 atom stereocenters. The Labute approximate surface area is 65.2 Å². The van der Waals surface area contributed by atoms with Gasteiger partial charge in [-0.2, -0.15) is 0 Å². The van der Waals surface area contributed by atoms with Gasteiger partial charge >= 0.3 is 0 Å². The number of allylic oxidation sites excluding steroid dienone is 1. The van der Waals surface area contributed by atoms with Crippen molar-refractivity contribution in [2.45, 2.75) is 19.8 Å². The smallest absolute Gasteiger partial charge is 0.224 e. The molecule has 0 bridgehead atoms. The second-order valence-electron chi connectivity index (χ2n) is 2.67. The molecule has 56 valence electrons. The number of nitrogens with one attached hydrogen (secondary N) is 1. The Bertz CT molecular complexity index is 176. The average molecular weight is 160 g/mol. The van der Waals surface area contributed by atoms with Crippen LogP contribution in [0.1, 0.15) is 19.8 Å². The molecule has 0 saturated heterocycles. The third kappa shape index (κ3) is 2.03. The molecule has 0 aromatic heterocycles. The predicted octanol–water partition coefficient (Wildman–Crippen LogP) is 1.61. The lowest BCUT2D eigenvalue weighted by Gasteiger charge is -2.02. The third-order valence-electron chi connectivity index (χ3n) is 1.47. The fourth-order valence-electron chi connectivity index (χ4n) is 0.998. The zero-order chi connectivity index (χ0) is 7.56. The Balaban J connectivity index is 2.61. The summed E-state index contributed by atoms with van der Waals surface area (Å²) in [5, 5.41) is 3.33. The fourth-order valence-corrected chi connectivity index (χ4v) is 1.32. The highest BCUT2D eigenvalue weighted by atomic mass is 35.5. The van der Waals surface area contributed by atoms with Crippen LogP contribution in [0.4, 0.5) is 0 Å². The van der Waals surface area contributed by atoms with E-state index >= 15 is 0 Å². The summed E-state index contributed by atoms with van der Waals surface area (Å²) in [7, 11) is 0. The van der Waals surface area contributed by atoms with Crippen molar-refractivity contribution in [2.75, 3.05) is 0 Å². The SMILES string of the molecule is CC1CC(=O)NC=C(Cl)C1. The average Bonchev–Trinajstić information content (AvgIpc) is 1.93. The summed E-state index contributed by atoms with van der Waals surface area (Å²) in [6.07, 6.45) is 2.96. The Hall–Kier alpha value is -0.500. The molecular weight excluding hydrogens is 150 g/mol. The molecule has 1 aliphatic rings. The van der Waals surface area contributed by atoms with E-state index in [2.05, 4.69) is 5.32 Å². The van der Waals surface area contributed by atoms with Gasteiger partial charge in [0.05, 0.1) is 0 Å². The Morgan fingerprint density at radius 3 is 3.10 bits per heavy atom. The lowest BCUT2D eigenvalue weighted by atomic mass is 10.1. The summed E-state index contributed by atoms with van der Waals surface area (Å²) >= 11 is 5.73. The van der Waals surface area contributed by atoms with Crippen molar-refractivity contribution in [3.05, 3.63) is 11.2 Å². The van der Waals surface area contributed by atoms with Gasteiger partial charge in [0, 0.05) is 17.7 Å². The molecule has 1 N–H and O–H groups in total. The van der Waals surface area contributed by atoms with Crippen LogP contribution in [0, 0.1) is 5.92 Å². The summed E-state index contributed by atoms with van der Waals surface area (Å²) in [5.41, 5.74) is 0. The number of carbonyl (C=O) groups excluding carboxylic acids is 1. The van der Waals surface area contributed by atoms with Gasteiger partial charge in [0.25, 0.3) is 0 Å². The van der Waals surface area contributed by atoms with Gasteiger partial charge in [0.15, 0.2) is 0 Å². The molecule has 0 radical (unpaired) electrons. The van der Waals surface area contributed by atoms with E-state index in [4.69, 9.17) is 11.6 Å². The fraction of sp³-hybridized carbons (Fsp3) is 0.571. The first-order valence-corrected chi connectivity index (χ1v) is 3.70. The summed E-state index contributed by atoms with van der Waals surface area (Å²) < 4.78 is 0. The van der Waals surface area contributed by atoms with Crippen molar-refractivity contribution < 1.29 is 4.79 Å². The molecule has 3 heteroatoms. The Morgan fingerprint density at radius 1 is 1.70 bits per heavy atom. The minimum Gasteiger partial charge on any atom is -0.332 e. The highest BCUT2D eigenvalue weighted by Gasteiger charge is 2.12. The van der Waals surface area contributed by atoms with Crippen molar-refractivity contribution in [2.24, 2.45) is 5.92 Å². The molecule has 0 aliphatic carbocycles. The molecule has 1 heterocycles. The zero-order valence-electron chi connectivity index (χ0n) is 5.86. The van der Waals surface area contributed by atoms with Gasteiger partial charge in [-0.1, -0.05) is 18.5 Å². The van der Waals surface area contributed by atoms with Crippen LogP contribution in [0.15, 0.2) is 11.2 Å². The first-order valence-electron chi connectivity index (χ1n) is 3.32. The van der Waals surface area contributed by atoms with Crippen LogP contribution in [0.5, 0.6) is 0 Å². The summed E-state index contributed by atoms with van der Waals surface area (Å²) in [5.74, 6) is 0.425. The lowest BCUT2D eigenvalue weighted by molar-refractivity contribution is -0.120. The van der Waals surface area contributed by atoms with Crippen molar-refractivity contribution >= 4 is 17.5 Å². The van der Waals surface area contributed by atoms with Gasteiger partial charge in [0.1, 0.15) is 0 Å². The largest absolute Gasteiger partial charge is 0.332 e. The van der Waals surface area contributed by atoms with Crippen LogP contribution >= 0.6 is 11.6 Å². The third-order valence-corrected chi connectivity index (χ3v) is 1.73. The topological polar surface area (TPSA) is 29.1 Å². The Kier molecular flexibility index (Phi) is 2.33. The van der Waals surface area contributed by atoms with Crippen molar-refractivity contribution in [3.8, 4) is 0 Å². The van der Waals surface area contributed by atoms with Gasteiger partial charge in [-0.15, -0.1) is 0 Å². The van der Waals surface area contributed by atoms with E-state index in [9.17, 15) is 4.79 Å². The molecule has 1 aliphatic heterocycles. The van der Waals surface area contributed by atoms with E-state index in [-0.39, 0.29) is 5.91 Å². The molecule has 2 nitrogen and oxygen atoms in total. The van der Waals surface area contributed by atoms with E-state index in [0.717, 1.165) is 11.5 Å². The molecule has 1 rings (SSSR count). The van der Waals surface area contributed by atoms with Gasteiger partial charge in [-0.3, -0.25) is 4.79 Å². The first-order chi connectivity index (χ1) is 4.68. The van der Waals surface area contributed by atoms with Crippen LogP contribution in [0.25, 0.3) is 0 Å². The number of hydrogen-bond donors (Lipinski definition) is 1. The molecule has 10 heavy (non-hydrogen) atoms. The van der Waals surface area contributed by atoms with Gasteiger partial charge < -0.3 is 5.32 Å². The number of amides is 1. The van der Waals surface area contributed by atoms with E-state index in [1.165, 1.54) is 0 Å². The quantitative estimate of drug-likeness (QED) is 0.572. The number of rotatable bonds is 0. The maximum Gasteiger partial charge on any atom is 0.224 e. The van der Waals surface area contributed by atoms with E-state index in [1.54, 1.807) is 6.20 Å². The van der Waals surface area contributed by atoms with Gasteiger partial charge in [-0.25, -0.2) is 0 Å². The monoisotopic (exact) mass is 159 g/mol. The Morgan fingerprint density at radius 2 is 2.40 bits per heavy atom. The van der Waals surface area contributed by atoms with Crippen LogP contribution in [-0.2, 0) is 4.79 Å². The van der Waals surface area contributed by atoms with Gasteiger partial charge in [-0.05, 0) is 12.3 Å². The molecule has 1 amide bonds. The number of carbonyl (C=O) groups is 1. The second-order valence-corrected chi connectivity index (χ2v) is 3.16. The normalized spacial score (nSPS) is 26.8. The van der Waals surface area contributed by atoms with Crippen molar-refractivity contribution in [3.63, 3.8) is 0 Å². The second kappa shape index (κ2) is 3.06. The summed E-state index contributed by atoms with van der Waals surface area (Å²) in [6, 6.07) is 0. The van der Waals surface area contributed by atoms with Gasteiger partial charge in [0.2, 0.25) is 5.91 Å². The standard InChI is InChI=1S/C7H10ClNO/c1-5-2-6(8)4-9-7(10)3-5/h4-5H,2-3H2,1H3,(H,9,10). The zero-order valence-corrected chi connectivity index (χ0v) is 6.61. The molecular formula is C7H10ClNO. The van der Waals surface area contributed by atoms with Crippen LogP contribution in [0.3, 0.4) is 0 Å².